The first kappa shape index (κ1) is 16.8. The van der Waals surface area contributed by atoms with Gasteiger partial charge in [0.2, 0.25) is 5.91 Å². The second kappa shape index (κ2) is 7.72. The first-order chi connectivity index (χ1) is 12.3. The highest BCUT2D eigenvalue weighted by atomic mass is 32.2. The summed E-state index contributed by atoms with van der Waals surface area (Å²) in [5.74, 6) is 1.87. The molecule has 0 saturated carbocycles. The van der Waals surface area contributed by atoms with Gasteiger partial charge in [0.25, 0.3) is 0 Å². The number of amides is 1. The molecule has 2 N–H and O–H groups in total. The number of carbonyl (C=O) groups excluding carboxylic acids is 1. The van der Waals surface area contributed by atoms with Gasteiger partial charge in [0.15, 0.2) is 0 Å². The Hall–Kier alpha value is -1.63. The van der Waals surface area contributed by atoms with Crippen molar-refractivity contribution in [3.63, 3.8) is 0 Å². The number of thioether (sulfide) groups is 1. The van der Waals surface area contributed by atoms with Gasteiger partial charge in [0.05, 0.1) is 17.4 Å². The lowest BCUT2D eigenvalue weighted by molar-refractivity contribution is -0.122. The maximum atomic E-state index is 12.1. The summed E-state index contributed by atoms with van der Waals surface area (Å²) in [5, 5.41) is 6.28. The Labute approximate surface area is 156 Å². The molecule has 0 spiro atoms. The summed E-state index contributed by atoms with van der Waals surface area (Å²) in [7, 11) is 0. The molecule has 4 rings (SSSR count). The quantitative estimate of drug-likeness (QED) is 0.788. The molecule has 2 heterocycles. The Bertz CT molecular complexity index is 716. The normalized spacial score (nSPS) is 18.6. The molecule has 2 aromatic carbocycles. The van der Waals surface area contributed by atoms with Crippen LogP contribution in [0.5, 0.6) is 0 Å². The first-order valence-electron chi connectivity index (χ1n) is 8.55. The number of hydrogen-bond donors (Lipinski definition) is 2. The zero-order valence-electron chi connectivity index (χ0n) is 13.9. The van der Waals surface area contributed by atoms with E-state index in [0.29, 0.717) is 6.54 Å². The first-order valence-corrected chi connectivity index (χ1v) is 10.5. The Morgan fingerprint density at radius 1 is 1.12 bits per heavy atom. The lowest BCUT2D eigenvalue weighted by Gasteiger charge is -2.32. The predicted molar refractivity (Wildman–Crippen MR) is 106 cm³/mol. The molecule has 25 heavy (non-hydrogen) atoms. The lowest BCUT2D eigenvalue weighted by Crippen LogP contribution is -2.42. The average Bonchev–Trinajstić information content (AvgIpc) is 3.19. The number of rotatable bonds is 5. The van der Waals surface area contributed by atoms with E-state index in [1.165, 1.54) is 21.2 Å². The van der Waals surface area contributed by atoms with Crippen molar-refractivity contribution in [2.45, 2.75) is 22.3 Å². The summed E-state index contributed by atoms with van der Waals surface area (Å²) in [5.41, 5.74) is 2.51. The van der Waals surface area contributed by atoms with Crippen molar-refractivity contribution in [1.82, 2.24) is 10.6 Å². The molecule has 1 atom stereocenters. The third-order valence-corrected chi connectivity index (χ3v) is 6.49. The molecule has 1 amide bonds. The standard InChI is InChI=1S/C19H21N3OS2/c23-19(14-12-24-13-21-14)20-10-5-11-22-15-6-1-3-8-17(15)25-18-9-4-2-7-16(18)22/h1-4,6-9,14,21H,5,10-13H2,(H,20,23). The molecule has 2 aromatic rings. The smallest absolute Gasteiger partial charge is 0.238 e. The van der Waals surface area contributed by atoms with Gasteiger partial charge >= 0.3 is 0 Å². The van der Waals surface area contributed by atoms with Crippen LogP contribution in [0.25, 0.3) is 0 Å². The minimum atomic E-state index is -0.0298. The van der Waals surface area contributed by atoms with Crippen molar-refractivity contribution in [2.75, 3.05) is 29.6 Å². The van der Waals surface area contributed by atoms with Crippen molar-refractivity contribution < 1.29 is 4.79 Å². The average molecular weight is 372 g/mol. The van der Waals surface area contributed by atoms with Crippen LogP contribution in [0, 0.1) is 0 Å². The highest BCUT2D eigenvalue weighted by Gasteiger charge is 2.23. The molecular formula is C19H21N3OS2. The van der Waals surface area contributed by atoms with Gasteiger partial charge in [-0.05, 0) is 30.7 Å². The van der Waals surface area contributed by atoms with Gasteiger partial charge < -0.3 is 10.2 Å². The number of carbonyl (C=O) groups is 1. The number of benzene rings is 2. The highest BCUT2D eigenvalue weighted by Crippen LogP contribution is 2.47. The summed E-state index contributed by atoms with van der Waals surface area (Å²) in [4.78, 5) is 17.0. The SMILES string of the molecule is O=C(NCCCN1c2ccccc2Sc2ccccc21)C1CSCN1. The maximum Gasteiger partial charge on any atom is 0.238 e. The van der Waals surface area contributed by atoms with E-state index in [4.69, 9.17) is 0 Å². The van der Waals surface area contributed by atoms with Crippen LogP contribution < -0.4 is 15.5 Å². The predicted octanol–water partition coefficient (Wildman–Crippen LogP) is 3.46. The molecule has 2 aliphatic rings. The molecule has 1 saturated heterocycles. The van der Waals surface area contributed by atoms with Gasteiger partial charge in [-0.15, -0.1) is 11.8 Å². The zero-order valence-corrected chi connectivity index (χ0v) is 15.5. The Balaban J connectivity index is 1.41. The number of para-hydroxylation sites is 2. The van der Waals surface area contributed by atoms with Crippen LogP contribution in [0.3, 0.4) is 0 Å². The van der Waals surface area contributed by atoms with E-state index < -0.39 is 0 Å². The van der Waals surface area contributed by atoms with Crippen LogP contribution in [-0.4, -0.2) is 36.7 Å². The van der Waals surface area contributed by atoms with Gasteiger partial charge in [-0.25, -0.2) is 0 Å². The molecule has 130 valence electrons. The van der Waals surface area contributed by atoms with Crippen LogP contribution in [0.1, 0.15) is 6.42 Å². The van der Waals surface area contributed by atoms with E-state index in [9.17, 15) is 4.79 Å². The minimum Gasteiger partial charge on any atom is -0.355 e. The molecule has 6 heteroatoms. The van der Waals surface area contributed by atoms with E-state index in [2.05, 4.69) is 64.1 Å². The lowest BCUT2D eigenvalue weighted by atomic mass is 10.2. The van der Waals surface area contributed by atoms with E-state index in [1.807, 2.05) is 11.8 Å². The Morgan fingerprint density at radius 3 is 2.44 bits per heavy atom. The number of anilines is 2. The van der Waals surface area contributed by atoms with Gasteiger partial charge in [-0.2, -0.15) is 0 Å². The van der Waals surface area contributed by atoms with Crippen LogP contribution in [0.4, 0.5) is 11.4 Å². The molecule has 0 radical (unpaired) electrons. The summed E-state index contributed by atoms with van der Waals surface area (Å²) in [6, 6.07) is 17.0. The molecular weight excluding hydrogens is 350 g/mol. The van der Waals surface area contributed by atoms with Crippen LogP contribution in [0.15, 0.2) is 58.3 Å². The van der Waals surface area contributed by atoms with Crippen LogP contribution in [0.2, 0.25) is 0 Å². The topological polar surface area (TPSA) is 44.4 Å². The van der Waals surface area contributed by atoms with E-state index in [0.717, 1.165) is 24.6 Å². The summed E-state index contributed by atoms with van der Waals surface area (Å²) < 4.78 is 0. The molecule has 0 bridgehead atoms. The van der Waals surface area contributed by atoms with Gasteiger partial charge in [0.1, 0.15) is 0 Å². The van der Waals surface area contributed by atoms with Crippen molar-refractivity contribution in [3.8, 4) is 0 Å². The fourth-order valence-corrected chi connectivity index (χ4v) is 5.20. The Morgan fingerprint density at radius 2 is 1.80 bits per heavy atom. The maximum absolute atomic E-state index is 12.1. The molecule has 0 aliphatic carbocycles. The second-order valence-corrected chi connectivity index (χ2v) is 8.22. The van der Waals surface area contributed by atoms with Crippen LogP contribution in [-0.2, 0) is 4.79 Å². The molecule has 2 aliphatic heterocycles. The minimum absolute atomic E-state index is 0.0298. The number of fused-ring (bicyclic) bond motifs is 2. The number of hydrogen-bond acceptors (Lipinski definition) is 5. The van der Waals surface area contributed by atoms with Gasteiger partial charge in [-0.1, -0.05) is 36.0 Å². The number of nitrogens with zero attached hydrogens (tertiary/aromatic N) is 1. The molecule has 4 nitrogen and oxygen atoms in total. The van der Waals surface area contributed by atoms with Crippen molar-refractivity contribution >= 4 is 40.8 Å². The van der Waals surface area contributed by atoms with Crippen LogP contribution >= 0.6 is 23.5 Å². The Kier molecular flexibility index (Phi) is 5.20. The van der Waals surface area contributed by atoms with E-state index in [1.54, 1.807) is 11.8 Å². The van der Waals surface area contributed by atoms with Gasteiger partial charge in [-0.3, -0.25) is 10.1 Å². The largest absolute Gasteiger partial charge is 0.355 e. The zero-order chi connectivity index (χ0) is 17.1. The molecule has 1 unspecified atom stereocenters. The third-order valence-electron chi connectivity index (χ3n) is 4.42. The highest BCUT2D eigenvalue weighted by molar-refractivity contribution is 8.00. The number of nitrogens with one attached hydrogen (secondary N) is 2. The summed E-state index contributed by atoms with van der Waals surface area (Å²) in [6.07, 6.45) is 0.916. The fraction of sp³-hybridized carbons (Fsp3) is 0.316. The summed E-state index contributed by atoms with van der Waals surface area (Å²) >= 11 is 3.60. The molecule has 1 fully saturated rings. The monoisotopic (exact) mass is 371 g/mol. The van der Waals surface area contributed by atoms with Crippen molar-refractivity contribution in [3.05, 3.63) is 48.5 Å². The van der Waals surface area contributed by atoms with E-state index >= 15 is 0 Å². The third kappa shape index (κ3) is 3.66. The van der Waals surface area contributed by atoms with Crippen molar-refractivity contribution in [2.24, 2.45) is 0 Å². The van der Waals surface area contributed by atoms with E-state index in [-0.39, 0.29) is 11.9 Å². The van der Waals surface area contributed by atoms with Gasteiger partial charge in [0, 0.05) is 34.5 Å². The second-order valence-electron chi connectivity index (χ2n) is 6.11. The summed E-state index contributed by atoms with van der Waals surface area (Å²) in [6.45, 7) is 1.59. The fourth-order valence-electron chi connectivity index (χ4n) is 3.16. The van der Waals surface area contributed by atoms with Crippen molar-refractivity contribution in [1.29, 1.82) is 0 Å². The molecule has 0 aromatic heterocycles.